The van der Waals surface area contributed by atoms with Crippen molar-refractivity contribution in [3.05, 3.63) is 128 Å². The van der Waals surface area contributed by atoms with Crippen molar-refractivity contribution in [2.45, 2.75) is 348 Å². The van der Waals surface area contributed by atoms with E-state index in [0.717, 1.165) is 128 Å². The number of esters is 1. The van der Waals surface area contributed by atoms with E-state index in [1.807, 2.05) is 0 Å². The van der Waals surface area contributed by atoms with Crippen molar-refractivity contribution in [2.75, 3.05) is 26.4 Å². The van der Waals surface area contributed by atoms with Crippen LogP contribution in [0.1, 0.15) is 225 Å². The molecule has 22 atom stereocenters. The quantitative estimate of drug-likeness (QED) is 0.0153. The Morgan fingerprint density at radius 3 is 0.936 bits per heavy atom. The van der Waals surface area contributed by atoms with E-state index < -0.39 is 171 Å². The van der Waals surface area contributed by atoms with Crippen LogP contribution in [0.5, 0.6) is 0 Å². The van der Waals surface area contributed by atoms with Crippen LogP contribution < -0.4 is 0 Å². The molecule has 0 bridgehead atoms. The van der Waals surface area contributed by atoms with Crippen LogP contribution in [0, 0.1) is 0 Å². The van der Waals surface area contributed by atoms with E-state index in [-0.39, 0.29) is 0 Å². The standard InChI is InChI=1S/C81H134O27P2/c1-50(2)25-15-26-51(3)27-16-28-52(4)29-17-30-53(5)31-18-32-54(6)33-19-34-55(7)35-20-36-56(8)37-21-38-57(9)39-22-40-58(10)41-23-42-59(11)43-24-44-60(12)45-46-98-109(94,95)108-110(96,97)107-78-73(93)74(69(89)65(49-84)101-78)104-80-76(71(91)67(87)63(47-82)102-80)106-81-77(72(92)68(88)64(48-83)103-81)105-79-75(100-62(14)85)70(90)66(86)61(13)99-79/h25,27,29,31,33,35,37,39,41,43,45,61,63-84,86-93H,15-24,26,28,30,32,34,36,38,40,42,44,46-49H2,1-14H3,(H,94,95)(H,96,97)/b51-27+,52-29+,53-31-,54-33-,55-35-,56-37-,57-39-,58-41-,59-43-,60-45-/t61-,63+,64+,65+,66-,67+,68+,69-,70+,71-,72-,73+,74-,75+,76-,77-,78+,79-,80+,81+/m0/s1. The Balaban J connectivity index is 1.18. The molecule has 4 aliphatic rings. The highest BCUT2D eigenvalue weighted by molar-refractivity contribution is 7.61. The topological polar surface area (TPSA) is 416 Å². The van der Waals surface area contributed by atoms with Gasteiger partial charge in [0.25, 0.3) is 0 Å². The lowest BCUT2D eigenvalue weighted by Crippen LogP contribution is -2.68. The summed E-state index contributed by atoms with van der Waals surface area (Å²) in [6.07, 6.45) is 5.77. The molecule has 0 amide bonds. The number of aliphatic hydroxyl groups is 11. The number of hydrogen-bond donors (Lipinski definition) is 13. The predicted octanol–water partition coefficient (Wildman–Crippen LogP) is 11.3. The summed E-state index contributed by atoms with van der Waals surface area (Å²) in [5.74, 6) is -0.972. The van der Waals surface area contributed by atoms with Gasteiger partial charge in [0.2, 0.25) is 0 Å². The average Bonchev–Trinajstić information content (AvgIpc) is 0.769. The molecule has 2 unspecified atom stereocenters. The minimum atomic E-state index is -5.83. The molecule has 0 spiro atoms. The summed E-state index contributed by atoms with van der Waals surface area (Å²) in [5, 5.41) is 119. The molecule has 0 aromatic rings. The normalized spacial score (nSPS) is 31.5. The Morgan fingerprint density at radius 1 is 0.336 bits per heavy atom. The lowest BCUT2D eigenvalue weighted by molar-refractivity contribution is -0.401. The summed E-state index contributed by atoms with van der Waals surface area (Å²) >= 11 is 0. The van der Waals surface area contributed by atoms with E-state index in [4.69, 9.17) is 46.9 Å². The average molecular weight is 1600 g/mol. The van der Waals surface area contributed by atoms with Crippen LogP contribution in [0.3, 0.4) is 0 Å². The Bertz CT molecular complexity index is 3240. The van der Waals surface area contributed by atoms with Crippen LogP contribution in [0.2, 0.25) is 0 Å². The van der Waals surface area contributed by atoms with E-state index in [1.54, 1.807) is 6.92 Å². The van der Waals surface area contributed by atoms with Gasteiger partial charge in [-0.3, -0.25) is 13.8 Å². The van der Waals surface area contributed by atoms with Crippen molar-refractivity contribution in [3.63, 3.8) is 0 Å². The van der Waals surface area contributed by atoms with Gasteiger partial charge in [-0.05, 0) is 218 Å². The van der Waals surface area contributed by atoms with Gasteiger partial charge in [0.1, 0.15) is 85.5 Å². The molecule has 0 aromatic carbocycles. The van der Waals surface area contributed by atoms with Gasteiger partial charge in [-0.2, -0.15) is 4.31 Å². The number of ether oxygens (including phenoxy) is 8. The highest BCUT2D eigenvalue weighted by Gasteiger charge is 2.57. The van der Waals surface area contributed by atoms with E-state index in [1.165, 1.54) is 68.7 Å². The first-order chi connectivity index (χ1) is 51.9. The summed E-state index contributed by atoms with van der Waals surface area (Å²) in [4.78, 5) is 33.3. The van der Waals surface area contributed by atoms with Crippen LogP contribution in [0.4, 0.5) is 0 Å². The fraction of sp³-hybridized carbons (Fsp3) is 0.716. The summed E-state index contributed by atoms with van der Waals surface area (Å²) in [6.45, 7) is 24.7. The molecular weight excluding hydrogens is 1470 g/mol. The summed E-state index contributed by atoms with van der Waals surface area (Å²) < 4.78 is 86.0. The second-order valence-corrected chi connectivity index (χ2v) is 33.3. The van der Waals surface area contributed by atoms with Crippen molar-refractivity contribution in [1.29, 1.82) is 0 Å². The highest BCUT2D eigenvalue weighted by Crippen LogP contribution is 2.61. The molecule has 0 saturated carbocycles. The maximum Gasteiger partial charge on any atom is 0.483 e. The zero-order valence-electron chi connectivity index (χ0n) is 67.3. The lowest BCUT2D eigenvalue weighted by atomic mass is 9.96. The van der Waals surface area contributed by atoms with Crippen LogP contribution >= 0.6 is 15.6 Å². The summed E-state index contributed by atoms with van der Waals surface area (Å²) in [5.41, 5.74) is 14.9. The number of carbonyl (C=O) groups is 1. The van der Waals surface area contributed by atoms with Crippen LogP contribution in [-0.4, -0.2) is 221 Å². The van der Waals surface area contributed by atoms with Gasteiger partial charge >= 0.3 is 21.6 Å². The molecular formula is C81H134O27P2. The molecule has 4 fully saturated rings. The molecule has 0 aliphatic carbocycles. The maximum atomic E-state index is 13.3. The van der Waals surface area contributed by atoms with Gasteiger partial charge in [0.05, 0.1) is 32.5 Å². The molecule has 4 heterocycles. The first-order valence-corrected chi connectivity index (χ1v) is 41.8. The van der Waals surface area contributed by atoms with Crippen LogP contribution in [0.15, 0.2) is 128 Å². The smallest absolute Gasteiger partial charge is 0.454 e. The van der Waals surface area contributed by atoms with E-state index in [9.17, 15) is 79.9 Å². The molecule has 0 radical (unpaired) electrons. The number of phosphoric acid groups is 2. The molecule has 27 nitrogen and oxygen atoms in total. The minimum absolute atomic E-state index is 0.545. The first-order valence-electron chi connectivity index (χ1n) is 38.8. The minimum Gasteiger partial charge on any atom is -0.454 e. The zero-order chi connectivity index (χ0) is 82.0. The third-order valence-corrected chi connectivity index (χ3v) is 22.5. The Hall–Kier alpha value is -3.85. The van der Waals surface area contributed by atoms with Crippen LogP contribution in [0.25, 0.3) is 0 Å². The zero-order valence-corrected chi connectivity index (χ0v) is 69.1. The molecule has 630 valence electrons. The maximum absolute atomic E-state index is 13.3. The van der Waals surface area contributed by atoms with Crippen molar-refractivity contribution in [2.24, 2.45) is 0 Å². The first kappa shape index (κ1) is 98.5. The fourth-order valence-corrected chi connectivity index (χ4v) is 15.0. The number of allylic oxidation sites excluding steroid dienone is 21. The molecule has 29 heteroatoms. The Labute approximate surface area is 652 Å². The Morgan fingerprint density at radius 2 is 0.618 bits per heavy atom. The van der Waals surface area contributed by atoms with Crippen molar-refractivity contribution >= 4 is 21.6 Å². The fourth-order valence-electron chi connectivity index (χ4n) is 12.9. The largest absolute Gasteiger partial charge is 0.483 e. The SMILES string of the molecule is CC(=O)O[C@H]1[C@H](O[C@@H]2[C@@H](O[C@@H]3[C@@H](O[C@H]4[C@@H](O)[C@@H](CO)O[C@H](OP(=O)(O)OP(=O)(O)OC/C=C(/C)CC/C=C(/C)CC/C=C(/C)CC/C=C(/C)CC/C=C(/C)CC/C=C(/C)CC/C=C(/C)CC/C=C(/C)CC/C=C(\C)CC/C=C(\C)CCC=C(C)C)[C@@H]4O)O[C@H](CO)[C@@H](O)[C@@H]3O)O[C@H](CO)[C@@H](O)[C@@H]2O)O[C@@H](C)[C@H](O)[C@H]1O. The summed E-state index contributed by atoms with van der Waals surface area (Å²) in [6, 6.07) is 0. The van der Waals surface area contributed by atoms with E-state index in [2.05, 4.69) is 141 Å². The number of rotatable bonds is 47. The second kappa shape index (κ2) is 50.6. The number of aliphatic hydroxyl groups excluding tert-OH is 11. The van der Waals surface area contributed by atoms with Gasteiger partial charge in [-0.1, -0.05) is 128 Å². The van der Waals surface area contributed by atoms with Gasteiger partial charge < -0.3 is 104 Å². The van der Waals surface area contributed by atoms with Gasteiger partial charge in [0.15, 0.2) is 31.3 Å². The van der Waals surface area contributed by atoms with Crippen molar-refractivity contribution in [3.8, 4) is 0 Å². The van der Waals surface area contributed by atoms with Gasteiger partial charge in [0, 0.05) is 6.92 Å². The molecule has 13 N–H and O–H groups in total. The third-order valence-electron chi connectivity index (χ3n) is 19.9. The lowest BCUT2D eigenvalue weighted by Gasteiger charge is -2.49. The van der Waals surface area contributed by atoms with E-state index >= 15 is 0 Å². The monoisotopic (exact) mass is 1600 g/mol. The highest BCUT2D eigenvalue weighted by atomic mass is 31.3. The Kier molecular flexibility index (Phi) is 45.3. The molecule has 110 heavy (non-hydrogen) atoms. The van der Waals surface area contributed by atoms with E-state index in [0.29, 0.717) is 12.8 Å². The number of phosphoric ester groups is 2. The van der Waals surface area contributed by atoms with Gasteiger partial charge in [-0.15, -0.1) is 0 Å². The molecule has 4 aliphatic heterocycles. The van der Waals surface area contributed by atoms with Crippen molar-refractivity contribution < 1.29 is 131 Å². The second-order valence-electron chi connectivity index (χ2n) is 30.3. The van der Waals surface area contributed by atoms with Crippen LogP contribution in [-0.2, 0) is 65.2 Å². The molecule has 4 rings (SSSR count). The number of carbonyl (C=O) groups excluding carboxylic acids is 1. The summed E-state index contributed by atoms with van der Waals surface area (Å²) in [7, 11) is -11.3. The predicted molar refractivity (Wildman–Crippen MR) is 417 cm³/mol. The number of hydrogen-bond acceptors (Lipinski definition) is 25. The molecule has 4 saturated heterocycles. The van der Waals surface area contributed by atoms with Gasteiger partial charge in [-0.25, -0.2) is 9.13 Å². The van der Waals surface area contributed by atoms with Crippen molar-refractivity contribution in [1.82, 2.24) is 0 Å². The molecule has 0 aromatic heterocycles. The third kappa shape index (κ3) is 35.7.